The van der Waals surface area contributed by atoms with Crippen LogP contribution < -0.4 is 0 Å². The molecule has 0 atom stereocenters. The van der Waals surface area contributed by atoms with Gasteiger partial charge in [-0.3, -0.25) is 0 Å². The van der Waals surface area contributed by atoms with Crippen molar-refractivity contribution in [1.29, 1.82) is 0 Å². The molecule has 0 amide bonds. The highest BCUT2D eigenvalue weighted by molar-refractivity contribution is 9.10. The number of sulfone groups is 1. The van der Waals surface area contributed by atoms with E-state index in [-0.39, 0.29) is 0 Å². The Bertz CT molecular complexity index is 690. The van der Waals surface area contributed by atoms with E-state index in [2.05, 4.69) is 15.9 Å². The van der Waals surface area contributed by atoms with Gasteiger partial charge in [0.05, 0.1) is 9.79 Å². The quantitative estimate of drug-likeness (QED) is 0.638. The van der Waals surface area contributed by atoms with Crippen LogP contribution in [0.25, 0.3) is 11.1 Å². The highest BCUT2D eigenvalue weighted by Gasteiger charge is 2.33. The fourth-order valence-corrected chi connectivity index (χ4v) is 4.43. The van der Waals surface area contributed by atoms with Gasteiger partial charge in [0, 0.05) is 15.6 Å². The van der Waals surface area contributed by atoms with Gasteiger partial charge in [-0.2, -0.15) is 0 Å². The van der Waals surface area contributed by atoms with Crippen LogP contribution in [0.2, 0.25) is 0 Å². The molecule has 1 heterocycles. The second-order valence-corrected chi connectivity index (χ2v) is 6.35. The molecule has 0 spiro atoms. The lowest BCUT2D eigenvalue weighted by Crippen LogP contribution is -1.95. The molecule has 3 rings (SSSR count). The third-order valence-corrected chi connectivity index (χ3v) is 5.23. The average Bonchev–Trinajstić information content (AvgIpc) is 2.51. The molecule has 0 bridgehead atoms. The SMILES string of the molecule is O=S1(=O)c2ccccc2-c2c(Br)cccc21. The Morgan fingerprint density at radius 3 is 2.38 bits per heavy atom. The van der Waals surface area contributed by atoms with Crippen molar-refractivity contribution in [2.24, 2.45) is 0 Å². The van der Waals surface area contributed by atoms with Crippen LogP contribution in [0.15, 0.2) is 56.7 Å². The topological polar surface area (TPSA) is 34.1 Å². The summed E-state index contributed by atoms with van der Waals surface area (Å²) in [6.07, 6.45) is 0. The maximum absolute atomic E-state index is 12.2. The van der Waals surface area contributed by atoms with Gasteiger partial charge in [0.15, 0.2) is 0 Å². The number of halogens is 1. The van der Waals surface area contributed by atoms with Crippen molar-refractivity contribution < 1.29 is 8.42 Å². The third-order valence-electron chi connectivity index (χ3n) is 2.71. The second kappa shape index (κ2) is 3.18. The van der Waals surface area contributed by atoms with Crippen LogP contribution in [0.5, 0.6) is 0 Å². The van der Waals surface area contributed by atoms with E-state index in [1.165, 1.54) is 0 Å². The van der Waals surface area contributed by atoms with Crippen LogP contribution in [-0.4, -0.2) is 8.42 Å². The van der Waals surface area contributed by atoms with Crippen molar-refractivity contribution in [1.82, 2.24) is 0 Å². The molecule has 0 aromatic heterocycles. The molecule has 0 unspecified atom stereocenters. The molecular formula is C12H7BrO2S. The Hall–Kier alpha value is -1.13. The first-order valence-electron chi connectivity index (χ1n) is 4.75. The van der Waals surface area contributed by atoms with Crippen molar-refractivity contribution in [3.05, 3.63) is 46.9 Å². The van der Waals surface area contributed by atoms with E-state index in [9.17, 15) is 8.42 Å². The maximum atomic E-state index is 12.2. The molecule has 2 aromatic carbocycles. The number of benzene rings is 2. The van der Waals surface area contributed by atoms with E-state index in [1.54, 1.807) is 24.3 Å². The molecule has 2 aromatic rings. The van der Waals surface area contributed by atoms with Crippen LogP contribution in [0.1, 0.15) is 0 Å². The fraction of sp³-hybridized carbons (Fsp3) is 0. The van der Waals surface area contributed by atoms with E-state index < -0.39 is 9.84 Å². The molecule has 16 heavy (non-hydrogen) atoms. The third kappa shape index (κ3) is 1.14. The predicted octanol–water partition coefficient (Wildman–Crippen LogP) is 3.26. The minimum atomic E-state index is -3.32. The largest absolute Gasteiger partial charge is 0.218 e. The lowest BCUT2D eigenvalue weighted by atomic mass is 10.1. The van der Waals surface area contributed by atoms with E-state index in [1.807, 2.05) is 18.2 Å². The van der Waals surface area contributed by atoms with Gasteiger partial charge in [0.2, 0.25) is 9.84 Å². The minimum absolute atomic E-state index is 0.392. The lowest BCUT2D eigenvalue weighted by molar-refractivity contribution is 0.598. The standard InChI is InChI=1S/C12H7BrO2S/c13-9-5-3-7-11-12(9)8-4-1-2-6-10(8)16(11,14)15/h1-7H. The van der Waals surface area contributed by atoms with Gasteiger partial charge in [-0.05, 0) is 18.2 Å². The van der Waals surface area contributed by atoms with Crippen LogP contribution in [0.4, 0.5) is 0 Å². The van der Waals surface area contributed by atoms with Gasteiger partial charge in [-0.25, -0.2) is 8.42 Å². The van der Waals surface area contributed by atoms with E-state index in [4.69, 9.17) is 0 Å². The molecule has 4 heteroatoms. The zero-order valence-corrected chi connectivity index (χ0v) is 10.5. The van der Waals surface area contributed by atoms with Crippen molar-refractivity contribution in [3.63, 3.8) is 0 Å². The fourth-order valence-electron chi connectivity index (χ4n) is 2.02. The average molecular weight is 295 g/mol. The number of hydrogen-bond acceptors (Lipinski definition) is 2. The minimum Gasteiger partial charge on any atom is -0.218 e. The first kappa shape index (κ1) is 10.1. The van der Waals surface area contributed by atoms with Gasteiger partial charge in [0.1, 0.15) is 0 Å². The molecule has 0 saturated carbocycles. The molecule has 0 fully saturated rings. The van der Waals surface area contributed by atoms with Crippen molar-refractivity contribution in [2.45, 2.75) is 9.79 Å². The molecule has 0 radical (unpaired) electrons. The first-order valence-corrected chi connectivity index (χ1v) is 7.03. The number of hydrogen-bond donors (Lipinski definition) is 0. The highest BCUT2D eigenvalue weighted by atomic mass is 79.9. The summed E-state index contributed by atoms with van der Waals surface area (Å²) < 4.78 is 25.2. The van der Waals surface area contributed by atoms with Gasteiger partial charge in [-0.15, -0.1) is 0 Å². The Morgan fingerprint density at radius 1 is 0.875 bits per heavy atom. The summed E-state index contributed by atoms with van der Waals surface area (Å²) in [6, 6.07) is 12.3. The number of fused-ring (bicyclic) bond motifs is 3. The normalized spacial score (nSPS) is 15.6. The van der Waals surface area contributed by atoms with Crippen LogP contribution in [0.3, 0.4) is 0 Å². The summed E-state index contributed by atoms with van der Waals surface area (Å²) in [5.41, 5.74) is 1.56. The second-order valence-electron chi connectivity index (χ2n) is 3.61. The predicted molar refractivity (Wildman–Crippen MR) is 65.0 cm³/mol. The zero-order chi connectivity index (χ0) is 11.3. The van der Waals surface area contributed by atoms with E-state index >= 15 is 0 Å². The monoisotopic (exact) mass is 294 g/mol. The molecule has 0 N–H and O–H groups in total. The Balaban J connectivity index is 2.56. The van der Waals surface area contributed by atoms with Gasteiger partial charge >= 0.3 is 0 Å². The first-order chi connectivity index (χ1) is 7.62. The summed E-state index contributed by atoms with van der Waals surface area (Å²) in [5, 5.41) is 0. The zero-order valence-electron chi connectivity index (χ0n) is 8.14. The molecule has 0 aliphatic carbocycles. The van der Waals surface area contributed by atoms with Crippen molar-refractivity contribution in [3.8, 4) is 11.1 Å². The summed E-state index contributed by atoms with van der Waals surface area (Å²) in [7, 11) is -3.32. The molecule has 80 valence electrons. The lowest BCUT2D eigenvalue weighted by Gasteiger charge is -2.00. The van der Waals surface area contributed by atoms with E-state index in [0.29, 0.717) is 9.79 Å². The van der Waals surface area contributed by atoms with Crippen LogP contribution in [-0.2, 0) is 9.84 Å². The molecule has 2 nitrogen and oxygen atoms in total. The van der Waals surface area contributed by atoms with Crippen molar-refractivity contribution >= 4 is 25.8 Å². The molecule has 1 aliphatic heterocycles. The smallest absolute Gasteiger partial charge is 0.207 e. The maximum Gasteiger partial charge on any atom is 0.207 e. The molecular weight excluding hydrogens is 288 g/mol. The van der Waals surface area contributed by atoms with Gasteiger partial charge in [-0.1, -0.05) is 40.2 Å². The molecule has 0 saturated heterocycles. The number of rotatable bonds is 0. The Morgan fingerprint density at radius 2 is 1.56 bits per heavy atom. The Kier molecular flexibility index (Phi) is 2.00. The van der Waals surface area contributed by atoms with Crippen LogP contribution >= 0.6 is 15.9 Å². The summed E-state index contributed by atoms with van der Waals surface area (Å²) >= 11 is 3.40. The van der Waals surface area contributed by atoms with E-state index in [0.717, 1.165) is 15.6 Å². The van der Waals surface area contributed by atoms with Crippen molar-refractivity contribution in [2.75, 3.05) is 0 Å². The van der Waals surface area contributed by atoms with Gasteiger partial charge < -0.3 is 0 Å². The summed E-state index contributed by atoms with van der Waals surface area (Å²) in [6.45, 7) is 0. The van der Waals surface area contributed by atoms with Crippen LogP contribution in [0, 0.1) is 0 Å². The van der Waals surface area contributed by atoms with Gasteiger partial charge in [0.25, 0.3) is 0 Å². The summed E-state index contributed by atoms with van der Waals surface area (Å²) in [5.74, 6) is 0. The highest BCUT2D eigenvalue weighted by Crippen LogP contribution is 2.46. The Labute approximate surface area is 102 Å². The molecule has 1 aliphatic rings. The summed E-state index contributed by atoms with van der Waals surface area (Å²) in [4.78, 5) is 0.792.